The van der Waals surface area contributed by atoms with Gasteiger partial charge >= 0.3 is 6.85 Å². The van der Waals surface area contributed by atoms with Gasteiger partial charge in [0, 0.05) is 58.7 Å². The number of para-hydroxylation sites is 1. The Hall–Kier alpha value is -7.02. The molecular formula is C62H51BN2O2S. The van der Waals surface area contributed by atoms with Gasteiger partial charge in [0.1, 0.15) is 22.4 Å². The minimum atomic E-state index is -0.306. The van der Waals surface area contributed by atoms with Crippen LogP contribution in [-0.4, -0.2) is 11.4 Å². The molecule has 2 aliphatic heterocycles. The third-order valence-electron chi connectivity index (χ3n) is 15.2. The van der Waals surface area contributed by atoms with E-state index in [4.69, 9.17) is 8.83 Å². The topological polar surface area (TPSA) is 34.5 Å². The number of nitrogens with zero attached hydrogens (tertiary/aromatic N) is 2. The zero-order chi connectivity index (χ0) is 46.3. The zero-order valence-corrected chi connectivity index (χ0v) is 40.9. The lowest BCUT2D eigenvalue weighted by atomic mass is 9.46. The molecule has 0 atom stereocenters. The summed E-state index contributed by atoms with van der Waals surface area (Å²) in [6.07, 6.45) is 0. The van der Waals surface area contributed by atoms with Crippen molar-refractivity contribution in [1.29, 1.82) is 0 Å². The molecule has 8 aromatic carbocycles. The Morgan fingerprint density at radius 3 is 1.94 bits per heavy atom. The third-order valence-corrected chi connectivity index (χ3v) is 16.3. The minimum absolute atomic E-state index is 0.000239. The third kappa shape index (κ3) is 5.44. The average molecular weight is 899 g/mol. The fraction of sp³-hybridized carbons (Fsp3) is 0.194. The number of furan rings is 2. The van der Waals surface area contributed by atoms with Gasteiger partial charge in [0.05, 0.1) is 22.1 Å². The SMILES string of the molecule is CC(C)(C)c1ccc(N2B3c4oc5cc(-c6ccccc6)ccc5c4-n4c5ccc(C(C)(C)C)cc5c5c6oc7ccccc7c6c(c3c54)-c3cc4c(cc32)sc2cc(C(C)(C)C)ccc24)cc1. The summed E-state index contributed by atoms with van der Waals surface area (Å²) in [4.78, 5) is 2.61. The highest BCUT2D eigenvalue weighted by molar-refractivity contribution is 7.25. The Balaban J connectivity index is 1.20. The summed E-state index contributed by atoms with van der Waals surface area (Å²) in [5.41, 5.74) is 19.3. The van der Waals surface area contributed by atoms with E-state index in [0.717, 1.165) is 66.4 Å². The monoisotopic (exact) mass is 898 g/mol. The number of hydrogen-bond donors (Lipinski definition) is 0. The van der Waals surface area contributed by atoms with Crippen LogP contribution in [-0.2, 0) is 16.2 Å². The Morgan fingerprint density at radius 1 is 0.500 bits per heavy atom. The molecule has 0 spiro atoms. The Kier molecular flexibility index (Phi) is 7.88. The summed E-state index contributed by atoms with van der Waals surface area (Å²) in [7, 11) is 0. The van der Waals surface area contributed by atoms with Crippen molar-refractivity contribution in [3.8, 4) is 27.9 Å². The molecule has 6 heterocycles. The lowest BCUT2D eigenvalue weighted by Gasteiger charge is -2.40. The van der Waals surface area contributed by atoms with Gasteiger partial charge < -0.3 is 18.2 Å². The molecule has 0 aliphatic carbocycles. The van der Waals surface area contributed by atoms with Crippen LogP contribution in [0.4, 0.5) is 11.4 Å². The van der Waals surface area contributed by atoms with Gasteiger partial charge in [-0.15, -0.1) is 11.3 Å². The maximum Gasteiger partial charge on any atom is 0.376 e. The van der Waals surface area contributed by atoms with E-state index in [1.165, 1.54) is 75.6 Å². The molecule has 0 saturated carbocycles. The predicted octanol–water partition coefficient (Wildman–Crippen LogP) is 16.6. The van der Waals surface area contributed by atoms with E-state index in [1.54, 1.807) is 0 Å². The molecule has 0 bridgehead atoms. The van der Waals surface area contributed by atoms with Crippen molar-refractivity contribution in [2.24, 2.45) is 0 Å². The first kappa shape index (κ1) is 40.1. The van der Waals surface area contributed by atoms with Gasteiger partial charge in [0.2, 0.25) is 0 Å². The first-order chi connectivity index (χ1) is 32.6. The van der Waals surface area contributed by atoms with Crippen molar-refractivity contribution in [2.75, 3.05) is 4.81 Å². The highest BCUT2D eigenvalue weighted by Gasteiger charge is 2.49. The number of aromatic nitrogens is 1. The summed E-state index contributed by atoms with van der Waals surface area (Å²) >= 11 is 1.90. The lowest BCUT2D eigenvalue weighted by Crippen LogP contribution is -2.60. The average Bonchev–Trinajstić information content (AvgIpc) is 4.08. The second-order valence-electron chi connectivity index (χ2n) is 22.5. The molecule has 4 nitrogen and oxygen atoms in total. The largest absolute Gasteiger partial charge is 0.466 e. The fourth-order valence-corrected chi connectivity index (χ4v) is 12.8. The van der Waals surface area contributed by atoms with Crippen molar-refractivity contribution < 1.29 is 8.83 Å². The number of benzene rings is 8. The molecule has 0 amide bonds. The normalized spacial score (nSPS) is 13.9. The molecule has 0 unspecified atom stereocenters. The smallest absolute Gasteiger partial charge is 0.376 e. The second-order valence-corrected chi connectivity index (χ2v) is 23.6. The van der Waals surface area contributed by atoms with Crippen LogP contribution in [0.3, 0.4) is 0 Å². The standard InChI is InChI=1S/C62H51BN2O2S/c1-60(2,3)36-20-24-39(25-21-36)65-47-33-51-43(40-27-22-38(62(7,8)9)31-50(40)68-51)32-45(47)52-53-41-17-13-14-18-48(41)66-58(53)54-44-30-37(61(4,5)6)23-28-46(44)64-56-42-26-19-35(34-15-11-10-12-16-34)29-49(42)67-59(56)63(65)55(52)57(54)64/h10-33H,1-9H3. The number of hydrogen-bond acceptors (Lipinski definition) is 4. The van der Waals surface area contributed by atoms with Crippen LogP contribution in [0.2, 0.25) is 0 Å². The van der Waals surface area contributed by atoms with E-state index in [1.807, 2.05) is 11.3 Å². The quantitative estimate of drug-likeness (QED) is 0.162. The molecule has 68 heavy (non-hydrogen) atoms. The van der Waals surface area contributed by atoms with Crippen LogP contribution < -0.4 is 15.9 Å². The van der Waals surface area contributed by atoms with Crippen molar-refractivity contribution in [3.05, 3.63) is 162 Å². The van der Waals surface area contributed by atoms with E-state index in [-0.39, 0.29) is 23.1 Å². The molecule has 12 aromatic rings. The first-order valence-electron chi connectivity index (χ1n) is 24.1. The number of rotatable bonds is 2. The molecule has 2 aliphatic rings. The first-order valence-corrected chi connectivity index (χ1v) is 24.9. The van der Waals surface area contributed by atoms with E-state index in [2.05, 4.69) is 217 Å². The van der Waals surface area contributed by atoms with Gasteiger partial charge in [0.15, 0.2) is 0 Å². The Morgan fingerprint density at radius 2 is 1.18 bits per heavy atom. The fourth-order valence-electron chi connectivity index (χ4n) is 11.7. The van der Waals surface area contributed by atoms with Crippen molar-refractivity contribution in [3.63, 3.8) is 0 Å². The van der Waals surface area contributed by atoms with Gasteiger partial charge in [-0.3, -0.25) is 0 Å². The predicted molar refractivity (Wildman–Crippen MR) is 291 cm³/mol. The number of fused-ring (bicyclic) bond motifs is 18. The summed E-state index contributed by atoms with van der Waals surface area (Å²) in [5, 5.41) is 8.32. The highest BCUT2D eigenvalue weighted by atomic mass is 32.1. The maximum atomic E-state index is 7.55. The molecular weight excluding hydrogens is 848 g/mol. The Bertz CT molecular complexity index is 4140. The molecule has 0 radical (unpaired) electrons. The summed E-state index contributed by atoms with van der Waals surface area (Å²) < 4.78 is 20.0. The zero-order valence-electron chi connectivity index (χ0n) is 40.1. The number of anilines is 2. The van der Waals surface area contributed by atoms with E-state index >= 15 is 0 Å². The molecule has 4 aromatic heterocycles. The van der Waals surface area contributed by atoms with Gasteiger partial charge in [-0.2, -0.15) is 0 Å². The molecule has 0 fully saturated rings. The van der Waals surface area contributed by atoms with E-state index in [0.29, 0.717) is 0 Å². The van der Waals surface area contributed by atoms with Gasteiger partial charge in [-0.05, 0) is 116 Å². The van der Waals surface area contributed by atoms with Crippen LogP contribution in [0.1, 0.15) is 79.0 Å². The number of thiophene rings is 1. The molecule has 6 heteroatoms. The molecule has 330 valence electrons. The van der Waals surface area contributed by atoms with Crippen LogP contribution in [0.25, 0.3) is 103 Å². The van der Waals surface area contributed by atoms with Gasteiger partial charge in [-0.25, -0.2) is 0 Å². The summed E-state index contributed by atoms with van der Waals surface area (Å²) in [6.45, 7) is 20.4. The van der Waals surface area contributed by atoms with Crippen LogP contribution in [0.15, 0.2) is 154 Å². The van der Waals surface area contributed by atoms with E-state index < -0.39 is 0 Å². The van der Waals surface area contributed by atoms with Gasteiger partial charge in [0.25, 0.3) is 0 Å². The van der Waals surface area contributed by atoms with Gasteiger partial charge in [-0.1, -0.05) is 147 Å². The van der Waals surface area contributed by atoms with Crippen LogP contribution >= 0.6 is 11.3 Å². The van der Waals surface area contributed by atoms with E-state index in [9.17, 15) is 0 Å². The maximum absolute atomic E-state index is 7.55. The second kappa shape index (κ2) is 13.4. The lowest BCUT2D eigenvalue weighted by molar-refractivity contribution is 0.590. The summed E-state index contributed by atoms with van der Waals surface area (Å²) in [6, 6.07) is 54.7. The molecule has 14 rings (SSSR count). The van der Waals surface area contributed by atoms with Crippen molar-refractivity contribution >= 4 is 116 Å². The van der Waals surface area contributed by atoms with Crippen molar-refractivity contribution in [2.45, 2.75) is 78.6 Å². The molecule has 0 saturated heterocycles. The molecule has 0 N–H and O–H groups in total. The van der Waals surface area contributed by atoms with Crippen LogP contribution in [0.5, 0.6) is 0 Å². The van der Waals surface area contributed by atoms with Crippen molar-refractivity contribution in [1.82, 2.24) is 4.57 Å². The van der Waals surface area contributed by atoms with Crippen LogP contribution in [0, 0.1) is 0 Å². The minimum Gasteiger partial charge on any atom is -0.466 e. The summed E-state index contributed by atoms with van der Waals surface area (Å²) in [5.74, 6) is 0. The Labute approximate surface area is 400 Å². The highest BCUT2D eigenvalue weighted by Crippen LogP contribution is 2.54.